The maximum Gasteiger partial charge on any atom is 0.216 e. The van der Waals surface area contributed by atoms with Crippen molar-refractivity contribution in [2.75, 3.05) is 0 Å². The van der Waals surface area contributed by atoms with Crippen molar-refractivity contribution >= 4 is 10.0 Å². The second kappa shape index (κ2) is 3.95. The third-order valence-electron chi connectivity index (χ3n) is 3.57. The van der Waals surface area contributed by atoms with Gasteiger partial charge in [-0.05, 0) is 51.9 Å². The Labute approximate surface area is 96.9 Å². The second-order valence-corrected chi connectivity index (χ2v) is 7.47. The Balaban J connectivity index is 2.12. The van der Waals surface area contributed by atoms with Crippen molar-refractivity contribution in [3.63, 3.8) is 0 Å². The average molecular weight is 248 g/mol. The molecule has 2 saturated carbocycles. The van der Waals surface area contributed by atoms with Crippen LogP contribution in [0.1, 0.15) is 39.5 Å². The van der Waals surface area contributed by atoms with Crippen LogP contribution in [0, 0.1) is 18.3 Å². The summed E-state index contributed by atoms with van der Waals surface area (Å²) in [7, 11) is -3.52. The minimum absolute atomic E-state index is 0.152. The van der Waals surface area contributed by atoms with E-state index in [4.69, 9.17) is 0 Å². The molecule has 2 fully saturated rings. The lowest BCUT2D eigenvalue weighted by molar-refractivity contribution is 0.0838. The van der Waals surface area contributed by atoms with Gasteiger partial charge < -0.3 is 0 Å². The molecule has 0 aromatic carbocycles. The van der Waals surface area contributed by atoms with E-state index >= 15 is 0 Å². The van der Waals surface area contributed by atoms with E-state index in [1.165, 1.54) is 0 Å². The molecule has 0 saturated heterocycles. The first kappa shape index (κ1) is 12.3. The largest absolute Gasteiger partial charge is 0.225 e. The van der Waals surface area contributed by atoms with Crippen LogP contribution in [-0.2, 0) is 10.0 Å². The second-order valence-electron chi connectivity index (χ2n) is 5.23. The Morgan fingerprint density at radius 2 is 2.06 bits per heavy atom. The van der Waals surface area contributed by atoms with Gasteiger partial charge in [0.05, 0.1) is 5.25 Å². The number of rotatable bonds is 4. The first-order valence-electron chi connectivity index (χ1n) is 5.88. The molecule has 1 radical (unpaired) electrons. The molecular formula is C11H19FNO2S. The first-order chi connectivity index (χ1) is 7.35. The lowest BCUT2D eigenvalue weighted by atomic mass is 9.96. The van der Waals surface area contributed by atoms with E-state index in [1.54, 1.807) is 13.8 Å². The number of halogens is 1. The molecule has 0 heterocycles. The van der Waals surface area contributed by atoms with E-state index < -0.39 is 21.1 Å². The average Bonchev–Trinajstić information content (AvgIpc) is 2.90. The summed E-state index contributed by atoms with van der Waals surface area (Å²) >= 11 is 0. The van der Waals surface area contributed by atoms with Gasteiger partial charge >= 0.3 is 0 Å². The van der Waals surface area contributed by atoms with Crippen LogP contribution in [-0.4, -0.2) is 19.5 Å². The van der Waals surface area contributed by atoms with Crippen LogP contribution in [0.2, 0.25) is 0 Å². The van der Waals surface area contributed by atoms with E-state index in [1.807, 2.05) is 6.42 Å². The van der Waals surface area contributed by atoms with Gasteiger partial charge in [0.25, 0.3) is 0 Å². The highest BCUT2D eigenvalue weighted by Gasteiger charge is 2.52. The van der Waals surface area contributed by atoms with E-state index in [0.29, 0.717) is 12.3 Å². The molecule has 16 heavy (non-hydrogen) atoms. The fourth-order valence-electron chi connectivity index (χ4n) is 2.35. The molecule has 0 amide bonds. The maximum atomic E-state index is 14.6. The van der Waals surface area contributed by atoms with Crippen LogP contribution >= 0.6 is 0 Å². The Kier molecular flexibility index (Phi) is 3.03. The zero-order valence-corrected chi connectivity index (χ0v) is 10.6. The van der Waals surface area contributed by atoms with Gasteiger partial charge in [-0.25, -0.2) is 12.8 Å². The van der Waals surface area contributed by atoms with Crippen molar-refractivity contribution < 1.29 is 12.8 Å². The summed E-state index contributed by atoms with van der Waals surface area (Å²) in [5, 5.41) is -0.583. The first-order valence-corrected chi connectivity index (χ1v) is 7.43. The molecule has 0 aromatic rings. The highest BCUT2D eigenvalue weighted by molar-refractivity contribution is 7.90. The molecule has 3 nitrogen and oxygen atoms in total. The number of hydrogen-bond donors (Lipinski definition) is 1. The Hall–Kier alpha value is -0.160. The third-order valence-corrected chi connectivity index (χ3v) is 5.44. The SMILES string of the molecule is CC(C)S(=O)(=O)N[C@]1(F)C[CH]C[C@@H]1C1CC1. The number of alkyl halides is 1. The van der Waals surface area contributed by atoms with Crippen LogP contribution < -0.4 is 4.72 Å². The zero-order valence-electron chi connectivity index (χ0n) is 9.74. The van der Waals surface area contributed by atoms with Crippen LogP contribution in [0.25, 0.3) is 0 Å². The van der Waals surface area contributed by atoms with Crippen molar-refractivity contribution in [2.24, 2.45) is 11.8 Å². The molecule has 2 rings (SSSR count). The number of sulfonamides is 1. The number of hydrogen-bond acceptors (Lipinski definition) is 2. The molecule has 0 unspecified atom stereocenters. The van der Waals surface area contributed by atoms with Gasteiger partial charge in [-0.2, -0.15) is 4.72 Å². The Bertz CT molecular complexity index is 364. The van der Waals surface area contributed by atoms with Crippen molar-refractivity contribution in [1.82, 2.24) is 4.72 Å². The minimum Gasteiger partial charge on any atom is -0.225 e. The smallest absolute Gasteiger partial charge is 0.216 e. The van der Waals surface area contributed by atoms with E-state index in [0.717, 1.165) is 12.8 Å². The van der Waals surface area contributed by atoms with Crippen molar-refractivity contribution in [2.45, 2.75) is 50.6 Å². The Morgan fingerprint density at radius 3 is 2.56 bits per heavy atom. The molecule has 2 aliphatic rings. The van der Waals surface area contributed by atoms with Crippen molar-refractivity contribution in [3.8, 4) is 0 Å². The summed E-state index contributed by atoms with van der Waals surface area (Å²) < 4.78 is 40.3. The van der Waals surface area contributed by atoms with Gasteiger partial charge in [0.1, 0.15) is 0 Å². The molecule has 0 aliphatic heterocycles. The lowest BCUT2D eigenvalue weighted by Crippen LogP contribution is -2.50. The van der Waals surface area contributed by atoms with Gasteiger partial charge in [0.15, 0.2) is 5.79 Å². The van der Waals surface area contributed by atoms with Gasteiger partial charge in [0, 0.05) is 5.92 Å². The van der Waals surface area contributed by atoms with Crippen LogP contribution in [0.5, 0.6) is 0 Å². The lowest BCUT2D eigenvalue weighted by Gasteiger charge is -2.29. The van der Waals surface area contributed by atoms with Gasteiger partial charge in [-0.15, -0.1) is 0 Å². The summed E-state index contributed by atoms with van der Waals surface area (Å²) in [6.45, 7) is 3.13. The van der Waals surface area contributed by atoms with Crippen LogP contribution in [0.15, 0.2) is 0 Å². The molecule has 0 spiro atoms. The van der Waals surface area contributed by atoms with Crippen molar-refractivity contribution in [3.05, 3.63) is 6.42 Å². The molecule has 2 aliphatic carbocycles. The molecule has 0 bridgehead atoms. The normalized spacial score (nSPS) is 35.9. The molecular weight excluding hydrogens is 229 g/mol. The predicted octanol–water partition coefficient (Wildman–Crippen LogP) is 2.00. The highest BCUT2D eigenvalue weighted by Crippen LogP contribution is 2.50. The summed E-state index contributed by atoms with van der Waals surface area (Å²) in [6.07, 6.45) is 4.84. The monoisotopic (exact) mass is 248 g/mol. The molecule has 2 atom stereocenters. The zero-order chi connectivity index (χ0) is 12.0. The fraction of sp³-hybridized carbons (Fsp3) is 0.909. The third kappa shape index (κ3) is 2.25. The number of nitrogens with one attached hydrogen (secondary N) is 1. The molecule has 5 heteroatoms. The topological polar surface area (TPSA) is 46.2 Å². The summed E-state index contributed by atoms with van der Waals surface area (Å²) in [4.78, 5) is 0. The summed E-state index contributed by atoms with van der Waals surface area (Å²) in [5.74, 6) is -1.51. The fourth-order valence-corrected chi connectivity index (χ4v) is 3.29. The standard InChI is InChI=1S/C11H19FNO2S/c1-8(2)16(14,15)13-11(12)7-3-4-10(11)9-5-6-9/h3,8-10,13H,4-7H2,1-2H3/t10-,11-/m1/s1. The van der Waals surface area contributed by atoms with Gasteiger partial charge in [0.2, 0.25) is 10.0 Å². The van der Waals surface area contributed by atoms with Crippen LogP contribution in [0.4, 0.5) is 4.39 Å². The van der Waals surface area contributed by atoms with Gasteiger partial charge in [-0.3, -0.25) is 0 Å². The maximum absolute atomic E-state index is 14.6. The van der Waals surface area contributed by atoms with E-state index in [-0.39, 0.29) is 12.3 Å². The summed E-state index contributed by atoms with van der Waals surface area (Å²) in [6, 6.07) is 0. The Morgan fingerprint density at radius 1 is 1.44 bits per heavy atom. The highest BCUT2D eigenvalue weighted by atomic mass is 32.2. The van der Waals surface area contributed by atoms with Gasteiger partial charge in [-0.1, -0.05) is 0 Å². The van der Waals surface area contributed by atoms with Crippen molar-refractivity contribution in [1.29, 1.82) is 0 Å². The molecule has 0 aromatic heterocycles. The summed E-state index contributed by atoms with van der Waals surface area (Å²) in [5.41, 5.74) is 0. The van der Waals surface area contributed by atoms with E-state index in [2.05, 4.69) is 4.72 Å². The minimum atomic E-state index is -3.52. The van der Waals surface area contributed by atoms with E-state index in [9.17, 15) is 12.8 Å². The molecule has 1 N–H and O–H groups in total. The molecule has 93 valence electrons. The predicted molar refractivity (Wildman–Crippen MR) is 60.8 cm³/mol. The van der Waals surface area contributed by atoms with Crippen LogP contribution in [0.3, 0.4) is 0 Å². The quantitative estimate of drug-likeness (QED) is 0.773.